The Morgan fingerprint density at radius 1 is 1.12 bits per heavy atom. The van der Waals surface area contributed by atoms with Gasteiger partial charge in [-0.1, -0.05) is 29.4 Å². The fraction of sp³-hybridized carbons (Fsp3) is 0.0625. The number of nitrogens with zero attached hydrogens (tertiary/aromatic N) is 4. The second-order valence-electron chi connectivity index (χ2n) is 4.98. The first kappa shape index (κ1) is 17.1. The van der Waals surface area contributed by atoms with E-state index >= 15 is 0 Å². The Morgan fingerprint density at radius 2 is 1.88 bits per heavy atom. The highest BCUT2D eigenvalue weighted by Gasteiger charge is 2.24. The number of nitrogens with one attached hydrogen (secondary N) is 1. The highest BCUT2D eigenvalue weighted by atomic mass is 35.5. The van der Waals surface area contributed by atoms with Gasteiger partial charge in [-0.25, -0.2) is 15.0 Å². The largest absolute Gasteiger partial charge is 0.343 e. The van der Waals surface area contributed by atoms with E-state index in [1.807, 2.05) is 13.0 Å². The Bertz CT molecular complexity index is 921. The third-order valence-corrected chi connectivity index (χ3v) is 4.50. The lowest BCUT2D eigenvalue weighted by Crippen LogP contribution is -2.04. The van der Waals surface area contributed by atoms with E-state index < -0.39 is 4.92 Å². The highest BCUT2D eigenvalue weighted by Crippen LogP contribution is 2.37. The van der Waals surface area contributed by atoms with Gasteiger partial charge >= 0.3 is 5.69 Å². The van der Waals surface area contributed by atoms with Crippen LogP contribution in [0, 0.1) is 17.0 Å². The highest BCUT2D eigenvalue weighted by molar-refractivity contribution is 7.99. The summed E-state index contributed by atoms with van der Waals surface area (Å²) in [5, 5.41) is 15.3. The molecule has 1 N–H and O–H groups in total. The number of rotatable bonds is 5. The van der Waals surface area contributed by atoms with Gasteiger partial charge in [-0.15, -0.1) is 0 Å². The standard InChI is InChI=1S/C16H12ClN5O2S/c1-10-3-2-8-18-14(10)21-15-13(22(23)24)16(20-9-19-15)25-12-6-4-11(17)5-7-12/h2-9H,1H3,(H,18,19,20,21). The molecule has 9 heteroatoms. The predicted molar refractivity (Wildman–Crippen MR) is 96.5 cm³/mol. The van der Waals surface area contributed by atoms with E-state index in [0.29, 0.717) is 10.8 Å². The molecule has 0 saturated carbocycles. The maximum absolute atomic E-state index is 11.6. The number of aromatic nitrogens is 3. The number of halogens is 1. The molecule has 0 fully saturated rings. The van der Waals surface area contributed by atoms with Crippen LogP contribution in [0.25, 0.3) is 0 Å². The Balaban J connectivity index is 1.98. The molecule has 0 radical (unpaired) electrons. The van der Waals surface area contributed by atoms with Crippen LogP contribution in [0.5, 0.6) is 0 Å². The molecular formula is C16H12ClN5O2S. The van der Waals surface area contributed by atoms with Crippen LogP contribution in [0.1, 0.15) is 5.56 Å². The van der Waals surface area contributed by atoms with Gasteiger partial charge in [-0.05, 0) is 42.8 Å². The summed E-state index contributed by atoms with van der Waals surface area (Å²) in [5.41, 5.74) is 0.648. The van der Waals surface area contributed by atoms with Gasteiger partial charge in [-0.2, -0.15) is 0 Å². The van der Waals surface area contributed by atoms with E-state index in [1.165, 1.54) is 18.1 Å². The topological polar surface area (TPSA) is 93.8 Å². The van der Waals surface area contributed by atoms with Crippen LogP contribution in [0.4, 0.5) is 17.3 Å². The molecule has 0 bridgehead atoms. The summed E-state index contributed by atoms with van der Waals surface area (Å²) in [5.74, 6) is 0.602. The van der Waals surface area contributed by atoms with E-state index in [2.05, 4.69) is 20.3 Å². The maximum atomic E-state index is 11.6. The van der Waals surface area contributed by atoms with Crippen LogP contribution in [-0.4, -0.2) is 19.9 Å². The smallest absolute Gasteiger partial charge is 0.319 e. The number of hydrogen-bond donors (Lipinski definition) is 1. The molecule has 1 aromatic carbocycles. The maximum Gasteiger partial charge on any atom is 0.343 e. The number of pyridine rings is 1. The van der Waals surface area contributed by atoms with Crippen molar-refractivity contribution in [3.8, 4) is 0 Å². The number of benzene rings is 1. The van der Waals surface area contributed by atoms with E-state index in [1.54, 1.807) is 36.5 Å². The van der Waals surface area contributed by atoms with Crippen LogP contribution in [0.15, 0.2) is 58.8 Å². The first-order valence-electron chi connectivity index (χ1n) is 7.16. The summed E-state index contributed by atoms with van der Waals surface area (Å²) in [6.07, 6.45) is 2.89. The number of hydrogen-bond acceptors (Lipinski definition) is 7. The molecule has 3 aromatic rings. The molecule has 2 heterocycles. The third kappa shape index (κ3) is 4.04. The molecule has 25 heavy (non-hydrogen) atoms. The molecule has 2 aromatic heterocycles. The lowest BCUT2D eigenvalue weighted by molar-refractivity contribution is -0.387. The SMILES string of the molecule is Cc1cccnc1Nc1ncnc(Sc2ccc(Cl)cc2)c1[N+](=O)[O-]. The predicted octanol–water partition coefficient (Wildman–Crippen LogP) is 4.64. The molecule has 0 aliphatic heterocycles. The van der Waals surface area contributed by atoms with Crippen LogP contribution in [0.3, 0.4) is 0 Å². The van der Waals surface area contributed by atoms with Crippen molar-refractivity contribution >= 4 is 40.7 Å². The molecule has 0 aliphatic carbocycles. The van der Waals surface area contributed by atoms with Crippen LogP contribution in [-0.2, 0) is 0 Å². The minimum Gasteiger partial charge on any atom is -0.319 e. The van der Waals surface area contributed by atoms with Crippen molar-refractivity contribution in [2.75, 3.05) is 5.32 Å². The Morgan fingerprint density at radius 3 is 2.56 bits per heavy atom. The summed E-state index contributed by atoms with van der Waals surface area (Å²) in [6.45, 7) is 1.85. The van der Waals surface area contributed by atoms with E-state index in [9.17, 15) is 10.1 Å². The molecule has 0 spiro atoms. The van der Waals surface area contributed by atoms with Gasteiger partial charge < -0.3 is 5.32 Å². The Kier molecular flexibility index (Phi) is 5.11. The fourth-order valence-electron chi connectivity index (χ4n) is 2.04. The van der Waals surface area contributed by atoms with Gasteiger partial charge in [-0.3, -0.25) is 10.1 Å². The second kappa shape index (κ2) is 7.45. The molecule has 126 valence electrons. The lowest BCUT2D eigenvalue weighted by atomic mass is 10.3. The third-order valence-electron chi connectivity index (χ3n) is 3.25. The first-order valence-corrected chi connectivity index (χ1v) is 8.35. The van der Waals surface area contributed by atoms with Crippen LogP contribution in [0.2, 0.25) is 5.02 Å². The van der Waals surface area contributed by atoms with Gasteiger partial charge in [0.15, 0.2) is 5.03 Å². The van der Waals surface area contributed by atoms with Crippen molar-refractivity contribution in [1.29, 1.82) is 0 Å². The molecule has 0 amide bonds. The Hall–Kier alpha value is -2.71. The van der Waals surface area contributed by atoms with Crippen molar-refractivity contribution in [2.45, 2.75) is 16.8 Å². The number of anilines is 2. The molecule has 3 rings (SSSR count). The number of nitro groups is 1. The van der Waals surface area contributed by atoms with Gasteiger partial charge in [0, 0.05) is 16.1 Å². The lowest BCUT2D eigenvalue weighted by Gasteiger charge is -2.09. The van der Waals surface area contributed by atoms with Gasteiger partial charge in [0.2, 0.25) is 5.82 Å². The first-order chi connectivity index (χ1) is 12.0. The van der Waals surface area contributed by atoms with Crippen LogP contribution >= 0.6 is 23.4 Å². The van der Waals surface area contributed by atoms with E-state index in [-0.39, 0.29) is 16.5 Å². The van der Waals surface area contributed by atoms with E-state index in [4.69, 9.17) is 11.6 Å². The fourth-order valence-corrected chi connectivity index (χ4v) is 3.03. The molecule has 0 unspecified atom stereocenters. The zero-order valence-corrected chi connectivity index (χ0v) is 14.6. The average molecular weight is 374 g/mol. The Labute approximate surface area is 152 Å². The van der Waals surface area contributed by atoms with Gasteiger partial charge in [0.1, 0.15) is 12.1 Å². The van der Waals surface area contributed by atoms with Crippen molar-refractivity contribution < 1.29 is 4.92 Å². The summed E-state index contributed by atoms with van der Waals surface area (Å²) < 4.78 is 0. The summed E-state index contributed by atoms with van der Waals surface area (Å²) in [4.78, 5) is 24.1. The van der Waals surface area contributed by atoms with Crippen molar-refractivity contribution in [1.82, 2.24) is 15.0 Å². The van der Waals surface area contributed by atoms with Crippen molar-refractivity contribution in [2.24, 2.45) is 0 Å². The monoisotopic (exact) mass is 373 g/mol. The summed E-state index contributed by atoms with van der Waals surface area (Å²) >= 11 is 7.03. The molecule has 7 nitrogen and oxygen atoms in total. The quantitative estimate of drug-likeness (QED) is 0.395. The zero-order chi connectivity index (χ0) is 17.8. The molecule has 0 aliphatic rings. The molecule has 0 saturated heterocycles. The number of aryl methyl sites for hydroxylation is 1. The average Bonchev–Trinajstić information content (AvgIpc) is 2.59. The second-order valence-corrected chi connectivity index (χ2v) is 6.48. The molecular weight excluding hydrogens is 362 g/mol. The zero-order valence-electron chi connectivity index (χ0n) is 13.0. The van der Waals surface area contributed by atoms with Gasteiger partial charge in [0.25, 0.3) is 0 Å². The summed E-state index contributed by atoms with van der Waals surface area (Å²) in [6, 6.07) is 10.6. The van der Waals surface area contributed by atoms with Crippen molar-refractivity contribution in [3.63, 3.8) is 0 Å². The molecule has 0 atom stereocenters. The van der Waals surface area contributed by atoms with Gasteiger partial charge in [0.05, 0.1) is 4.92 Å². The normalized spacial score (nSPS) is 10.5. The van der Waals surface area contributed by atoms with Crippen molar-refractivity contribution in [3.05, 3.63) is 69.6 Å². The van der Waals surface area contributed by atoms with E-state index in [0.717, 1.165) is 10.5 Å². The minimum absolute atomic E-state index is 0.0956. The minimum atomic E-state index is -0.501. The van der Waals surface area contributed by atoms with Crippen LogP contribution < -0.4 is 5.32 Å². The summed E-state index contributed by atoms with van der Waals surface area (Å²) in [7, 11) is 0.